The van der Waals surface area contributed by atoms with E-state index in [4.69, 9.17) is 14.0 Å². The third kappa shape index (κ3) is 3.16. The minimum absolute atomic E-state index is 0.105. The van der Waals surface area contributed by atoms with Gasteiger partial charge in [-0.2, -0.15) is 10.1 Å². The highest BCUT2D eigenvalue weighted by atomic mass is 16.6. The fourth-order valence-corrected chi connectivity index (χ4v) is 2.41. The van der Waals surface area contributed by atoms with Gasteiger partial charge in [-0.3, -0.25) is 9.48 Å². The lowest BCUT2D eigenvalue weighted by Gasteiger charge is -2.25. The van der Waals surface area contributed by atoms with Crippen molar-refractivity contribution in [2.45, 2.75) is 12.6 Å². The summed E-state index contributed by atoms with van der Waals surface area (Å²) in [4.78, 5) is 16.5. The molecule has 1 aromatic carbocycles. The van der Waals surface area contributed by atoms with Crippen LogP contribution in [0.1, 0.15) is 5.89 Å². The van der Waals surface area contributed by atoms with E-state index in [1.165, 1.54) is 0 Å². The lowest BCUT2D eigenvalue weighted by Crippen LogP contribution is -2.43. The summed E-state index contributed by atoms with van der Waals surface area (Å²) in [6, 6.07) is 7.22. The van der Waals surface area contributed by atoms with E-state index < -0.39 is 6.10 Å². The molecule has 0 saturated heterocycles. The maximum absolute atomic E-state index is 12.2. The van der Waals surface area contributed by atoms with E-state index in [0.717, 1.165) is 5.56 Å². The van der Waals surface area contributed by atoms with Gasteiger partial charge in [0.15, 0.2) is 11.5 Å². The Balaban J connectivity index is 1.36. The SMILES string of the molecule is Cn1cc(-c2noc(CNC(=O)[C@@H]3COc4ccccc4O3)n2)cn1. The zero-order chi connectivity index (χ0) is 17.2. The minimum atomic E-state index is -0.726. The number of para-hydroxylation sites is 2. The highest BCUT2D eigenvalue weighted by Gasteiger charge is 2.27. The predicted molar refractivity (Wildman–Crippen MR) is 84.7 cm³/mol. The van der Waals surface area contributed by atoms with Crippen LogP contribution in [-0.4, -0.2) is 38.5 Å². The monoisotopic (exact) mass is 341 g/mol. The number of benzene rings is 1. The third-order valence-electron chi connectivity index (χ3n) is 3.65. The van der Waals surface area contributed by atoms with E-state index >= 15 is 0 Å². The van der Waals surface area contributed by atoms with Gasteiger partial charge in [0.25, 0.3) is 5.91 Å². The number of hydrogen-bond acceptors (Lipinski definition) is 7. The normalized spacial score (nSPS) is 15.8. The van der Waals surface area contributed by atoms with Gasteiger partial charge in [0.1, 0.15) is 6.61 Å². The van der Waals surface area contributed by atoms with Crippen LogP contribution in [0.4, 0.5) is 0 Å². The molecule has 0 aliphatic carbocycles. The van der Waals surface area contributed by atoms with Gasteiger partial charge >= 0.3 is 0 Å². The van der Waals surface area contributed by atoms with Gasteiger partial charge in [-0.1, -0.05) is 17.3 Å². The van der Waals surface area contributed by atoms with Crippen molar-refractivity contribution in [3.63, 3.8) is 0 Å². The summed E-state index contributed by atoms with van der Waals surface area (Å²) in [5.41, 5.74) is 0.740. The molecule has 9 nitrogen and oxygen atoms in total. The first-order valence-corrected chi connectivity index (χ1v) is 7.67. The topological polar surface area (TPSA) is 104 Å². The summed E-state index contributed by atoms with van der Waals surface area (Å²) in [5, 5.41) is 10.6. The van der Waals surface area contributed by atoms with Gasteiger partial charge < -0.3 is 19.3 Å². The molecule has 0 radical (unpaired) electrons. The van der Waals surface area contributed by atoms with Crippen LogP contribution in [0, 0.1) is 0 Å². The second-order valence-electron chi connectivity index (χ2n) is 5.50. The van der Waals surface area contributed by atoms with Crippen LogP contribution in [0.5, 0.6) is 11.5 Å². The first-order chi connectivity index (χ1) is 12.2. The molecule has 1 aliphatic rings. The van der Waals surface area contributed by atoms with E-state index in [9.17, 15) is 4.79 Å². The number of aryl methyl sites for hydroxylation is 1. The summed E-state index contributed by atoms with van der Waals surface area (Å²) in [7, 11) is 1.80. The van der Waals surface area contributed by atoms with E-state index in [-0.39, 0.29) is 19.1 Å². The van der Waals surface area contributed by atoms with Gasteiger partial charge in [0.2, 0.25) is 17.8 Å². The van der Waals surface area contributed by atoms with Crippen LogP contribution in [0.25, 0.3) is 11.4 Å². The Morgan fingerprint density at radius 1 is 1.36 bits per heavy atom. The number of amides is 1. The number of fused-ring (bicyclic) bond motifs is 1. The fourth-order valence-electron chi connectivity index (χ4n) is 2.41. The Morgan fingerprint density at radius 2 is 2.20 bits per heavy atom. The molecule has 4 rings (SSSR count). The number of nitrogens with one attached hydrogen (secondary N) is 1. The van der Waals surface area contributed by atoms with E-state index in [1.807, 2.05) is 12.1 Å². The molecule has 9 heteroatoms. The van der Waals surface area contributed by atoms with Gasteiger partial charge in [-0.25, -0.2) is 0 Å². The number of rotatable bonds is 4. The molecule has 0 spiro atoms. The van der Waals surface area contributed by atoms with Crippen LogP contribution < -0.4 is 14.8 Å². The maximum Gasteiger partial charge on any atom is 0.265 e. The molecule has 128 valence electrons. The first-order valence-electron chi connectivity index (χ1n) is 7.67. The van der Waals surface area contributed by atoms with Crippen molar-refractivity contribution < 1.29 is 18.8 Å². The average Bonchev–Trinajstić information content (AvgIpc) is 3.28. The molecule has 0 fully saturated rings. The second-order valence-corrected chi connectivity index (χ2v) is 5.50. The van der Waals surface area contributed by atoms with Crippen molar-refractivity contribution in [2.24, 2.45) is 7.05 Å². The smallest absolute Gasteiger partial charge is 0.265 e. The van der Waals surface area contributed by atoms with Crippen molar-refractivity contribution in [3.05, 3.63) is 42.5 Å². The van der Waals surface area contributed by atoms with Gasteiger partial charge in [-0.05, 0) is 12.1 Å². The molecule has 3 aromatic rings. The first kappa shape index (κ1) is 15.2. The van der Waals surface area contributed by atoms with Crippen molar-refractivity contribution in [2.75, 3.05) is 6.61 Å². The van der Waals surface area contributed by atoms with E-state index in [2.05, 4.69) is 20.6 Å². The van der Waals surface area contributed by atoms with Crippen LogP contribution in [0.15, 0.2) is 41.2 Å². The lowest BCUT2D eigenvalue weighted by molar-refractivity contribution is -0.130. The van der Waals surface area contributed by atoms with Crippen molar-refractivity contribution in [3.8, 4) is 22.9 Å². The Morgan fingerprint density at radius 3 is 3.00 bits per heavy atom. The average molecular weight is 341 g/mol. The van der Waals surface area contributed by atoms with Gasteiger partial charge in [0.05, 0.1) is 18.3 Å². The highest BCUT2D eigenvalue weighted by Crippen LogP contribution is 2.30. The molecule has 0 bridgehead atoms. The van der Waals surface area contributed by atoms with Crippen LogP contribution in [0.3, 0.4) is 0 Å². The Hall–Kier alpha value is -3.36. The second kappa shape index (κ2) is 6.27. The lowest BCUT2D eigenvalue weighted by atomic mass is 10.2. The molecule has 3 heterocycles. The molecule has 2 aromatic heterocycles. The largest absolute Gasteiger partial charge is 0.485 e. The number of hydrogen-bond donors (Lipinski definition) is 1. The quantitative estimate of drug-likeness (QED) is 0.752. The molecule has 0 saturated carbocycles. The number of nitrogens with zero attached hydrogens (tertiary/aromatic N) is 4. The number of carbonyl (C=O) groups excluding carboxylic acids is 1. The molecule has 1 N–H and O–H groups in total. The molecular formula is C16H15N5O4. The predicted octanol–water partition coefficient (Wildman–Crippen LogP) is 0.926. The van der Waals surface area contributed by atoms with Crippen molar-refractivity contribution in [1.82, 2.24) is 25.2 Å². The van der Waals surface area contributed by atoms with Crippen LogP contribution in [-0.2, 0) is 18.4 Å². The number of carbonyl (C=O) groups is 1. The Kier molecular flexibility index (Phi) is 3.81. The molecular weight excluding hydrogens is 326 g/mol. The summed E-state index contributed by atoms with van der Waals surface area (Å²) < 4.78 is 18.0. The summed E-state index contributed by atoms with van der Waals surface area (Å²) in [6.07, 6.45) is 2.69. The molecule has 1 amide bonds. The number of aromatic nitrogens is 4. The van der Waals surface area contributed by atoms with E-state index in [1.54, 1.807) is 36.3 Å². The van der Waals surface area contributed by atoms with Crippen LogP contribution in [0.2, 0.25) is 0 Å². The van der Waals surface area contributed by atoms with Crippen LogP contribution >= 0.6 is 0 Å². The van der Waals surface area contributed by atoms with Crippen molar-refractivity contribution >= 4 is 5.91 Å². The Bertz CT molecular complexity index is 903. The highest BCUT2D eigenvalue weighted by molar-refractivity contribution is 5.81. The third-order valence-corrected chi connectivity index (χ3v) is 3.65. The van der Waals surface area contributed by atoms with Gasteiger partial charge in [-0.15, -0.1) is 0 Å². The molecule has 1 aliphatic heterocycles. The number of ether oxygens (including phenoxy) is 2. The maximum atomic E-state index is 12.2. The van der Waals surface area contributed by atoms with Gasteiger partial charge in [0, 0.05) is 13.2 Å². The van der Waals surface area contributed by atoms with Crippen molar-refractivity contribution in [1.29, 1.82) is 0 Å². The standard InChI is InChI=1S/C16H15N5O4/c1-21-8-10(6-18-21)15-19-14(25-20-15)7-17-16(22)13-9-23-11-4-2-3-5-12(11)24-13/h2-6,8,13H,7,9H2,1H3,(H,17,22)/t13-/m0/s1. The molecule has 25 heavy (non-hydrogen) atoms. The minimum Gasteiger partial charge on any atom is -0.485 e. The van der Waals surface area contributed by atoms with E-state index in [0.29, 0.717) is 23.2 Å². The fraction of sp³-hybridized carbons (Fsp3) is 0.250. The molecule has 1 atom stereocenters. The zero-order valence-electron chi connectivity index (χ0n) is 13.4. The zero-order valence-corrected chi connectivity index (χ0v) is 13.4. The molecule has 0 unspecified atom stereocenters. The summed E-state index contributed by atoms with van der Waals surface area (Å²) in [6.45, 7) is 0.251. The summed E-state index contributed by atoms with van der Waals surface area (Å²) in [5.74, 6) is 1.58. The Labute approximate surface area is 142 Å². The summed E-state index contributed by atoms with van der Waals surface area (Å²) >= 11 is 0.